The van der Waals surface area contributed by atoms with Crippen LogP contribution in [0.3, 0.4) is 0 Å². The van der Waals surface area contributed by atoms with Gasteiger partial charge in [-0.15, -0.1) is 0 Å². The number of ether oxygens (including phenoxy) is 1. The molecule has 0 saturated carbocycles. The number of hydrogen-bond acceptors (Lipinski definition) is 3. The fourth-order valence-electron chi connectivity index (χ4n) is 3.80. The average Bonchev–Trinajstić information content (AvgIpc) is 2.75. The molecule has 1 N–H and O–H groups in total. The number of fused-ring (bicyclic) bond motifs is 1. The number of amides is 1. The van der Waals surface area contributed by atoms with Gasteiger partial charge in [0.1, 0.15) is 12.4 Å². The average molecular weight is 401 g/mol. The van der Waals surface area contributed by atoms with E-state index in [1.165, 1.54) is 16.7 Å². The third-order valence-corrected chi connectivity index (χ3v) is 5.52. The zero-order valence-electron chi connectivity index (χ0n) is 17.6. The lowest BCUT2D eigenvalue weighted by atomic mass is 10.0. The van der Waals surface area contributed by atoms with E-state index in [-0.39, 0.29) is 11.9 Å². The molecule has 0 saturated heterocycles. The highest BCUT2D eigenvalue weighted by atomic mass is 16.5. The number of benzene rings is 3. The predicted octanol–water partition coefficient (Wildman–Crippen LogP) is 4.78. The first-order valence-corrected chi connectivity index (χ1v) is 10.4. The molecule has 1 aliphatic rings. The summed E-state index contributed by atoms with van der Waals surface area (Å²) in [6, 6.07) is 24.9. The maximum Gasteiger partial charge on any atom is 0.222 e. The first kappa shape index (κ1) is 20.0. The molecule has 0 spiro atoms. The fourth-order valence-corrected chi connectivity index (χ4v) is 3.80. The Bertz CT molecular complexity index is 999. The van der Waals surface area contributed by atoms with Gasteiger partial charge < -0.3 is 15.0 Å². The van der Waals surface area contributed by atoms with Crippen LogP contribution in [0.5, 0.6) is 5.75 Å². The van der Waals surface area contributed by atoms with Gasteiger partial charge >= 0.3 is 0 Å². The van der Waals surface area contributed by atoms with Crippen LogP contribution in [-0.4, -0.2) is 18.6 Å². The van der Waals surface area contributed by atoms with Crippen molar-refractivity contribution in [3.8, 4) is 5.75 Å². The minimum Gasteiger partial charge on any atom is -0.489 e. The summed E-state index contributed by atoms with van der Waals surface area (Å²) in [6.07, 6.45) is 0.395. The van der Waals surface area contributed by atoms with Crippen molar-refractivity contribution in [2.45, 2.75) is 39.4 Å². The van der Waals surface area contributed by atoms with Crippen LogP contribution >= 0.6 is 0 Å². The van der Waals surface area contributed by atoms with Crippen LogP contribution < -0.4 is 15.0 Å². The van der Waals surface area contributed by atoms with Crippen molar-refractivity contribution in [3.05, 3.63) is 95.1 Å². The van der Waals surface area contributed by atoms with Gasteiger partial charge in [0.25, 0.3) is 0 Å². The van der Waals surface area contributed by atoms with Gasteiger partial charge in [0.05, 0.1) is 18.2 Å². The third-order valence-electron chi connectivity index (χ3n) is 5.52. The van der Waals surface area contributed by atoms with E-state index in [9.17, 15) is 4.79 Å². The largest absolute Gasteiger partial charge is 0.489 e. The zero-order valence-corrected chi connectivity index (χ0v) is 17.6. The number of rotatable bonds is 6. The molecule has 4 rings (SSSR count). The van der Waals surface area contributed by atoms with Crippen molar-refractivity contribution < 1.29 is 9.53 Å². The molecule has 0 radical (unpaired) electrons. The van der Waals surface area contributed by atoms with Gasteiger partial charge in [-0.3, -0.25) is 4.79 Å². The SMILES string of the molecule is Cc1ccc(CNC(=O)C[C@H]2COc3cc(C)ccc3N2Cc2ccccc2)cc1. The monoisotopic (exact) mass is 400 g/mol. The zero-order chi connectivity index (χ0) is 20.9. The van der Waals surface area contributed by atoms with E-state index >= 15 is 0 Å². The van der Waals surface area contributed by atoms with E-state index in [0.29, 0.717) is 19.6 Å². The number of nitrogens with zero attached hydrogens (tertiary/aromatic N) is 1. The molecule has 3 aromatic carbocycles. The lowest BCUT2D eigenvalue weighted by Gasteiger charge is -2.38. The van der Waals surface area contributed by atoms with E-state index in [2.05, 4.69) is 90.8 Å². The molecule has 3 aromatic rings. The number of hydrogen-bond donors (Lipinski definition) is 1. The Labute approximate surface area is 178 Å². The Balaban J connectivity index is 1.48. The lowest BCUT2D eigenvalue weighted by molar-refractivity contribution is -0.121. The summed E-state index contributed by atoms with van der Waals surface area (Å²) < 4.78 is 6.04. The van der Waals surface area contributed by atoms with Gasteiger partial charge in [-0.2, -0.15) is 0 Å². The van der Waals surface area contributed by atoms with Gasteiger partial charge in [0.2, 0.25) is 5.91 Å². The molecule has 30 heavy (non-hydrogen) atoms. The normalized spacial score (nSPS) is 15.3. The number of nitrogens with one attached hydrogen (secondary N) is 1. The molecule has 4 nitrogen and oxygen atoms in total. The Kier molecular flexibility index (Phi) is 6.03. The van der Waals surface area contributed by atoms with Crippen LogP contribution in [0.15, 0.2) is 72.8 Å². The summed E-state index contributed by atoms with van der Waals surface area (Å²) in [7, 11) is 0. The Morgan fingerprint density at radius 2 is 1.70 bits per heavy atom. The van der Waals surface area contributed by atoms with E-state index in [4.69, 9.17) is 4.74 Å². The fraction of sp³-hybridized carbons (Fsp3) is 0.269. The van der Waals surface area contributed by atoms with Crippen LogP contribution in [0.4, 0.5) is 5.69 Å². The molecule has 154 valence electrons. The molecule has 0 aliphatic carbocycles. The van der Waals surface area contributed by atoms with Crippen molar-refractivity contribution in [1.82, 2.24) is 5.32 Å². The molecule has 1 heterocycles. The molecule has 4 heteroatoms. The van der Waals surface area contributed by atoms with Crippen LogP contribution in [0.1, 0.15) is 28.7 Å². The lowest BCUT2D eigenvalue weighted by Crippen LogP contribution is -2.45. The predicted molar refractivity (Wildman–Crippen MR) is 121 cm³/mol. The number of carbonyl (C=O) groups excluding carboxylic acids is 1. The first-order valence-electron chi connectivity index (χ1n) is 10.4. The molecule has 1 atom stereocenters. The molecule has 0 aromatic heterocycles. The van der Waals surface area contributed by atoms with Crippen LogP contribution in [0.2, 0.25) is 0 Å². The van der Waals surface area contributed by atoms with Crippen LogP contribution in [0, 0.1) is 13.8 Å². The van der Waals surface area contributed by atoms with Crippen molar-refractivity contribution in [2.24, 2.45) is 0 Å². The van der Waals surface area contributed by atoms with Gasteiger partial charge in [0.15, 0.2) is 0 Å². The van der Waals surface area contributed by atoms with Crippen molar-refractivity contribution in [1.29, 1.82) is 0 Å². The second-order valence-corrected chi connectivity index (χ2v) is 8.02. The number of anilines is 1. The minimum atomic E-state index is -0.0153. The number of aryl methyl sites for hydroxylation is 2. The van der Waals surface area contributed by atoms with Crippen LogP contribution in [-0.2, 0) is 17.9 Å². The summed E-state index contributed by atoms with van der Waals surface area (Å²) in [5, 5.41) is 3.06. The highest BCUT2D eigenvalue weighted by Gasteiger charge is 2.29. The summed E-state index contributed by atoms with van der Waals surface area (Å²) in [6.45, 7) is 5.92. The van der Waals surface area contributed by atoms with Gasteiger partial charge in [0, 0.05) is 13.1 Å². The maximum atomic E-state index is 12.7. The third kappa shape index (κ3) is 4.82. The molecule has 0 bridgehead atoms. The second-order valence-electron chi connectivity index (χ2n) is 8.02. The Morgan fingerprint density at radius 1 is 0.967 bits per heavy atom. The summed E-state index contributed by atoms with van der Waals surface area (Å²) in [4.78, 5) is 15.0. The van der Waals surface area contributed by atoms with E-state index in [1.807, 2.05) is 6.07 Å². The van der Waals surface area contributed by atoms with E-state index in [1.54, 1.807) is 0 Å². The quantitative estimate of drug-likeness (QED) is 0.648. The Hall–Kier alpha value is -3.27. The molecular weight excluding hydrogens is 372 g/mol. The van der Waals surface area contributed by atoms with E-state index < -0.39 is 0 Å². The van der Waals surface area contributed by atoms with Crippen LogP contribution in [0.25, 0.3) is 0 Å². The first-order chi connectivity index (χ1) is 14.6. The standard InChI is InChI=1S/C26H28N2O2/c1-19-8-11-21(12-9-19)16-27-26(29)15-23-18-30-25-14-20(2)10-13-24(25)28(23)17-22-6-4-3-5-7-22/h3-14,23H,15-18H2,1-2H3,(H,27,29)/t23-/m0/s1. The molecular formula is C26H28N2O2. The summed E-state index contributed by atoms with van der Waals surface area (Å²) in [5.41, 5.74) is 5.76. The highest BCUT2D eigenvalue weighted by Crippen LogP contribution is 2.36. The molecule has 1 aliphatic heterocycles. The Morgan fingerprint density at radius 3 is 2.47 bits per heavy atom. The van der Waals surface area contributed by atoms with Gasteiger partial charge in [-0.25, -0.2) is 0 Å². The molecule has 0 fully saturated rings. The minimum absolute atomic E-state index is 0.0153. The topological polar surface area (TPSA) is 41.6 Å². The number of carbonyl (C=O) groups is 1. The van der Waals surface area contributed by atoms with Crippen molar-refractivity contribution in [3.63, 3.8) is 0 Å². The van der Waals surface area contributed by atoms with Gasteiger partial charge in [-0.1, -0.05) is 66.2 Å². The smallest absolute Gasteiger partial charge is 0.222 e. The van der Waals surface area contributed by atoms with Crippen molar-refractivity contribution >= 4 is 11.6 Å². The maximum absolute atomic E-state index is 12.7. The second kappa shape index (κ2) is 9.04. The van der Waals surface area contributed by atoms with Crippen molar-refractivity contribution in [2.75, 3.05) is 11.5 Å². The van der Waals surface area contributed by atoms with E-state index in [0.717, 1.165) is 23.5 Å². The summed E-state index contributed by atoms with van der Waals surface area (Å²) in [5.74, 6) is 0.931. The summed E-state index contributed by atoms with van der Waals surface area (Å²) >= 11 is 0. The molecule has 0 unspecified atom stereocenters. The highest BCUT2D eigenvalue weighted by molar-refractivity contribution is 5.77. The van der Waals surface area contributed by atoms with Gasteiger partial charge in [-0.05, 0) is 42.7 Å². The molecule has 1 amide bonds.